The van der Waals surface area contributed by atoms with E-state index in [1.807, 2.05) is 41.3 Å². The Morgan fingerprint density at radius 2 is 2.12 bits per heavy atom. The molecule has 1 aromatic heterocycles. The Bertz CT molecular complexity index is 840. The molecule has 4 rings (SSSR count). The van der Waals surface area contributed by atoms with Gasteiger partial charge in [-0.15, -0.1) is 0 Å². The molecule has 26 heavy (non-hydrogen) atoms. The first kappa shape index (κ1) is 17.0. The molecular weight excluding hydrogens is 350 g/mol. The van der Waals surface area contributed by atoms with Crippen LogP contribution in [0.3, 0.4) is 0 Å². The van der Waals surface area contributed by atoms with Crippen molar-refractivity contribution in [2.45, 2.75) is 25.9 Å². The Kier molecular flexibility index (Phi) is 4.64. The first-order chi connectivity index (χ1) is 12.6. The van der Waals surface area contributed by atoms with Crippen LogP contribution in [-0.4, -0.2) is 39.7 Å². The maximum Gasteiger partial charge on any atom is 0.228 e. The highest BCUT2D eigenvalue weighted by Crippen LogP contribution is 2.28. The van der Waals surface area contributed by atoms with Gasteiger partial charge in [-0.05, 0) is 35.7 Å². The molecule has 0 N–H and O–H groups in total. The van der Waals surface area contributed by atoms with Gasteiger partial charge in [-0.25, -0.2) is 0 Å². The molecule has 1 fully saturated rings. The van der Waals surface area contributed by atoms with Gasteiger partial charge in [-0.1, -0.05) is 29.8 Å². The van der Waals surface area contributed by atoms with Crippen molar-refractivity contribution in [2.75, 3.05) is 13.1 Å². The number of carbonyl (C=O) groups is 2. The number of aromatic nitrogens is 1. The zero-order valence-corrected chi connectivity index (χ0v) is 15.2. The number of amides is 2. The largest absolute Gasteiger partial charge is 0.338 e. The highest BCUT2D eigenvalue weighted by Gasteiger charge is 2.37. The van der Waals surface area contributed by atoms with E-state index in [2.05, 4.69) is 4.98 Å². The first-order valence-corrected chi connectivity index (χ1v) is 9.22. The molecule has 0 spiro atoms. The third-order valence-corrected chi connectivity index (χ3v) is 5.52. The zero-order chi connectivity index (χ0) is 18.1. The molecular formula is C20H20ClN3O2. The smallest absolute Gasteiger partial charge is 0.228 e. The van der Waals surface area contributed by atoms with Gasteiger partial charge in [0.2, 0.25) is 11.8 Å². The first-order valence-electron chi connectivity index (χ1n) is 8.84. The second-order valence-electron chi connectivity index (χ2n) is 6.88. The summed E-state index contributed by atoms with van der Waals surface area (Å²) in [5.41, 5.74) is 3.08. The van der Waals surface area contributed by atoms with Crippen molar-refractivity contribution in [1.29, 1.82) is 0 Å². The summed E-state index contributed by atoms with van der Waals surface area (Å²) in [7, 11) is 0. The number of hydrogen-bond donors (Lipinski definition) is 0. The molecule has 1 atom stereocenters. The average Bonchev–Trinajstić information content (AvgIpc) is 3.02. The fourth-order valence-corrected chi connectivity index (χ4v) is 4.08. The number of likely N-dealkylation sites (tertiary alicyclic amines) is 1. The second kappa shape index (κ2) is 7.08. The molecule has 2 aliphatic heterocycles. The van der Waals surface area contributed by atoms with Gasteiger partial charge in [0.25, 0.3) is 0 Å². The van der Waals surface area contributed by atoms with Gasteiger partial charge < -0.3 is 9.80 Å². The molecule has 0 aliphatic carbocycles. The predicted octanol–water partition coefficient (Wildman–Crippen LogP) is 2.67. The lowest BCUT2D eigenvalue weighted by Crippen LogP contribution is -2.40. The number of rotatable bonds is 3. The van der Waals surface area contributed by atoms with E-state index >= 15 is 0 Å². The third kappa shape index (κ3) is 3.31. The Morgan fingerprint density at radius 1 is 1.23 bits per heavy atom. The molecule has 6 heteroatoms. The minimum Gasteiger partial charge on any atom is -0.338 e. The fraction of sp³-hybridized carbons (Fsp3) is 0.350. The van der Waals surface area contributed by atoms with E-state index in [0.717, 1.165) is 28.3 Å². The van der Waals surface area contributed by atoms with Crippen LogP contribution in [-0.2, 0) is 29.1 Å². The number of halogens is 1. The van der Waals surface area contributed by atoms with Crippen LogP contribution < -0.4 is 0 Å². The van der Waals surface area contributed by atoms with E-state index < -0.39 is 0 Å². The highest BCUT2D eigenvalue weighted by molar-refractivity contribution is 6.31. The van der Waals surface area contributed by atoms with Crippen LogP contribution in [0.25, 0.3) is 0 Å². The molecule has 5 nitrogen and oxygen atoms in total. The summed E-state index contributed by atoms with van der Waals surface area (Å²) in [5.74, 6) is -0.186. The second-order valence-corrected chi connectivity index (χ2v) is 7.29. The van der Waals surface area contributed by atoms with Gasteiger partial charge in [-0.3, -0.25) is 14.6 Å². The highest BCUT2D eigenvalue weighted by atomic mass is 35.5. The van der Waals surface area contributed by atoms with Crippen LogP contribution in [0.5, 0.6) is 0 Å². The third-order valence-electron chi connectivity index (χ3n) is 5.16. The molecule has 0 radical (unpaired) electrons. The van der Waals surface area contributed by atoms with Gasteiger partial charge in [0.15, 0.2) is 0 Å². The Balaban J connectivity index is 1.42. The zero-order valence-electron chi connectivity index (χ0n) is 14.4. The maximum atomic E-state index is 12.9. The van der Waals surface area contributed by atoms with Crippen molar-refractivity contribution in [3.8, 4) is 0 Å². The van der Waals surface area contributed by atoms with E-state index in [4.69, 9.17) is 11.6 Å². The number of benzene rings is 1. The van der Waals surface area contributed by atoms with Gasteiger partial charge in [0, 0.05) is 37.3 Å². The minimum absolute atomic E-state index is 0.0226. The van der Waals surface area contributed by atoms with Crippen molar-refractivity contribution in [1.82, 2.24) is 14.8 Å². The number of carbonyl (C=O) groups excluding carboxylic acids is 2. The SMILES string of the molecule is O=C1CC(C(=O)N2CCc3c(Cl)cccc3C2)CN1Cc1ccccn1. The lowest BCUT2D eigenvalue weighted by molar-refractivity contribution is -0.136. The lowest BCUT2D eigenvalue weighted by atomic mass is 9.98. The number of hydrogen-bond acceptors (Lipinski definition) is 3. The van der Waals surface area contributed by atoms with Gasteiger partial charge >= 0.3 is 0 Å². The normalized spacial score (nSPS) is 19.6. The summed E-state index contributed by atoms with van der Waals surface area (Å²) in [6.07, 6.45) is 2.76. The molecule has 2 aliphatic rings. The Hall–Kier alpha value is -2.40. The molecule has 134 valence electrons. The van der Waals surface area contributed by atoms with E-state index in [1.165, 1.54) is 0 Å². The molecule has 0 bridgehead atoms. The summed E-state index contributed by atoms with van der Waals surface area (Å²) in [6.45, 7) is 2.15. The molecule has 1 unspecified atom stereocenters. The van der Waals surface area contributed by atoms with Crippen LogP contribution in [0.4, 0.5) is 0 Å². The quantitative estimate of drug-likeness (QED) is 0.835. The Morgan fingerprint density at radius 3 is 2.92 bits per heavy atom. The molecule has 2 amide bonds. The molecule has 3 heterocycles. The fourth-order valence-electron chi connectivity index (χ4n) is 3.79. The van der Waals surface area contributed by atoms with Crippen LogP contribution in [0.1, 0.15) is 23.2 Å². The van der Waals surface area contributed by atoms with Crippen LogP contribution in [0.2, 0.25) is 5.02 Å². The van der Waals surface area contributed by atoms with E-state index in [-0.39, 0.29) is 24.2 Å². The van der Waals surface area contributed by atoms with Gasteiger partial charge in [-0.2, -0.15) is 0 Å². The standard InChI is InChI=1S/C20H20ClN3O2/c21-18-6-3-4-14-11-23(9-7-17(14)18)20(26)15-10-19(25)24(12-15)13-16-5-1-2-8-22-16/h1-6,8,15H,7,9-13H2. The summed E-state index contributed by atoms with van der Waals surface area (Å²) in [4.78, 5) is 33.1. The van der Waals surface area contributed by atoms with E-state index in [1.54, 1.807) is 11.1 Å². The van der Waals surface area contributed by atoms with Crippen molar-refractivity contribution in [2.24, 2.45) is 5.92 Å². The molecule has 1 aromatic carbocycles. The topological polar surface area (TPSA) is 53.5 Å². The van der Waals surface area contributed by atoms with Crippen molar-refractivity contribution in [3.05, 3.63) is 64.4 Å². The lowest BCUT2D eigenvalue weighted by Gasteiger charge is -2.31. The average molecular weight is 370 g/mol. The number of pyridine rings is 1. The van der Waals surface area contributed by atoms with Crippen LogP contribution >= 0.6 is 11.6 Å². The number of nitrogens with zero attached hydrogens (tertiary/aromatic N) is 3. The van der Waals surface area contributed by atoms with Crippen LogP contribution in [0.15, 0.2) is 42.6 Å². The van der Waals surface area contributed by atoms with Crippen LogP contribution in [0, 0.1) is 5.92 Å². The monoisotopic (exact) mass is 369 g/mol. The molecule has 0 saturated carbocycles. The summed E-state index contributed by atoms with van der Waals surface area (Å²) in [5, 5.41) is 0.771. The van der Waals surface area contributed by atoms with E-state index in [9.17, 15) is 9.59 Å². The number of fused-ring (bicyclic) bond motifs is 1. The summed E-state index contributed by atoms with van der Waals surface area (Å²) < 4.78 is 0. The van der Waals surface area contributed by atoms with Crippen molar-refractivity contribution < 1.29 is 9.59 Å². The van der Waals surface area contributed by atoms with Gasteiger partial charge in [0.05, 0.1) is 18.2 Å². The molecule has 2 aromatic rings. The Labute approximate surface area is 157 Å². The summed E-state index contributed by atoms with van der Waals surface area (Å²) >= 11 is 6.25. The minimum atomic E-state index is -0.271. The van der Waals surface area contributed by atoms with Crippen molar-refractivity contribution >= 4 is 23.4 Å². The predicted molar refractivity (Wildman–Crippen MR) is 98.3 cm³/mol. The molecule has 1 saturated heterocycles. The van der Waals surface area contributed by atoms with Crippen molar-refractivity contribution in [3.63, 3.8) is 0 Å². The summed E-state index contributed by atoms with van der Waals surface area (Å²) in [6, 6.07) is 11.5. The van der Waals surface area contributed by atoms with Gasteiger partial charge in [0.1, 0.15) is 0 Å². The van der Waals surface area contributed by atoms with E-state index in [0.29, 0.717) is 26.2 Å². The maximum absolute atomic E-state index is 12.9.